The fourth-order valence-electron chi connectivity index (χ4n) is 0.501. The van der Waals surface area contributed by atoms with E-state index in [0.717, 1.165) is 10.0 Å². The van der Waals surface area contributed by atoms with Crippen molar-refractivity contribution in [3.05, 3.63) is 10.0 Å². The monoisotopic (exact) mass is 171 g/mol. The maximum Gasteiger partial charge on any atom is 0.139 e. The fraction of sp³-hybridized carbons (Fsp3) is 0.400. The molecular formula is C5H5N3S2. The van der Waals surface area contributed by atoms with E-state index in [4.69, 9.17) is 0 Å². The first-order chi connectivity index (χ1) is 4.83. The lowest BCUT2D eigenvalue weighted by Gasteiger charge is -1.78. The number of hydrogen-bond acceptors (Lipinski definition) is 5. The van der Waals surface area contributed by atoms with Crippen LogP contribution in [0.25, 0.3) is 0 Å². The normalized spacial score (nSPS) is 8.90. The summed E-state index contributed by atoms with van der Waals surface area (Å²) in [5.41, 5.74) is 0. The fourth-order valence-corrected chi connectivity index (χ4v) is 1.20. The zero-order valence-electron chi connectivity index (χ0n) is 5.37. The molecule has 0 atom stereocenters. The molecule has 52 valence electrons. The van der Waals surface area contributed by atoms with Gasteiger partial charge in [0, 0.05) is 0 Å². The average molecular weight is 171 g/mol. The van der Waals surface area contributed by atoms with Gasteiger partial charge in [-0.15, -0.1) is 10.2 Å². The molecule has 0 aliphatic heterocycles. The molecule has 0 saturated carbocycles. The van der Waals surface area contributed by atoms with E-state index in [-0.39, 0.29) is 0 Å². The number of hydrogen-bond donors (Lipinski definition) is 0. The predicted octanol–water partition coefficient (Wildman–Crippen LogP) is 1.45. The number of nitrogens with zero attached hydrogens (tertiary/aromatic N) is 3. The molecule has 0 saturated heterocycles. The summed E-state index contributed by atoms with van der Waals surface area (Å²) in [6.07, 6.45) is 0. The van der Waals surface area contributed by atoms with Crippen molar-refractivity contribution in [1.29, 1.82) is 0 Å². The van der Waals surface area contributed by atoms with Gasteiger partial charge in [0.1, 0.15) is 16.6 Å². The highest BCUT2D eigenvalue weighted by atomic mass is 32.1. The van der Waals surface area contributed by atoms with Gasteiger partial charge in [-0.2, -0.15) is 0 Å². The van der Waals surface area contributed by atoms with Crippen LogP contribution in [-0.4, -0.2) is 15.4 Å². The summed E-state index contributed by atoms with van der Waals surface area (Å²) in [6.45, 7) is 2.41. The number of thiocarbonyl (C=S) groups is 1. The molecule has 0 fully saturated rings. The van der Waals surface area contributed by atoms with Crippen LogP contribution in [0.1, 0.15) is 10.0 Å². The number of rotatable bonds is 2. The summed E-state index contributed by atoms with van der Waals surface area (Å²) in [4.78, 5) is 3.73. The number of aromatic nitrogens is 2. The van der Waals surface area contributed by atoms with Crippen LogP contribution in [0.3, 0.4) is 0 Å². The zero-order chi connectivity index (χ0) is 7.40. The van der Waals surface area contributed by atoms with Crippen LogP contribution in [-0.2, 0) is 6.54 Å². The summed E-state index contributed by atoms with van der Waals surface area (Å²) in [6, 6.07) is 0. The Morgan fingerprint density at radius 3 is 3.00 bits per heavy atom. The van der Waals surface area contributed by atoms with Gasteiger partial charge in [-0.05, 0) is 19.1 Å². The van der Waals surface area contributed by atoms with Crippen molar-refractivity contribution in [2.24, 2.45) is 4.99 Å². The van der Waals surface area contributed by atoms with Crippen molar-refractivity contribution in [3.8, 4) is 0 Å². The first-order valence-electron chi connectivity index (χ1n) is 2.65. The molecule has 1 rings (SSSR count). The molecule has 5 heteroatoms. The number of aryl methyl sites for hydroxylation is 1. The van der Waals surface area contributed by atoms with Gasteiger partial charge in [-0.3, -0.25) is 0 Å². The predicted molar refractivity (Wildman–Crippen MR) is 43.4 cm³/mol. The molecule has 0 radical (unpaired) electrons. The van der Waals surface area contributed by atoms with Gasteiger partial charge in [-0.1, -0.05) is 11.3 Å². The summed E-state index contributed by atoms with van der Waals surface area (Å²) in [7, 11) is 0. The van der Waals surface area contributed by atoms with Gasteiger partial charge in [0.2, 0.25) is 0 Å². The lowest BCUT2D eigenvalue weighted by atomic mass is 10.7. The highest BCUT2D eigenvalue weighted by Crippen LogP contribution is 2.07. The van der Waals surface area contributed by atoms with Gasteiger partial charge >= 0.3 is 0 Å². The summed E-state index contributed by atoms with van der Waals surface area (Å²) >= 11 is 5.92. The Bertz CT molecular complexity index is 262. The van der Waals surface area contributed by atoms with E-state index in [1.165, 1.54) is 11.3 Å². The van der Waals surface area contributed by atoms with E-state index in [1.807, 2.05) is 6.92 Å². The highest BCUT2D eigenvalue weighted by molar-refractivity contribution is 7.78. The Kier molecular flexibility index (Phi) is 2.62. The van der Waals surface area contributed by atoms with Crippen molar-refractivity contribution in [3.63, 3.8) is 0 Å². The van der Waals surface area contributed by atoms with E-state index < -0.39 is 0 Å². The molecule has 0 N–H and O–H groups in total. The maximum absolute atomic E-state index is 4.40. The Morgan fingerprint density at radius 2 is 2.50 bits per heavy atom. The second-order valence-corrected chi connectivity index (χ2v) is 3.07. The van der Waals surface area contributed by atoms with Crippen LogP contribution in [0, 0.1) is 6.92 Å². The average Bonchev–Trinajstić information content (AvgIpc) is 2.31. The molecule has 0 amide bonds. The third-order valence-corrected chi connectivity index (χ3v) is 1.80. The van der Waals surface area contributed by atoms with Gasteiger partial charge in [0.15, 0.2) is 0 Å². The quantitative estimate of drug-likeness (QED) is 0.499. The van der Waals surface area contributed by atoms with E-state index in [0.29, 0.717) is 6.54 Å². The summed E-state index contributed by atoms with van der Waals surface area (Å²) < 4.78 is 0. The topological polar surface area (TPSA) is 38.1 Å². The molecule has 0 aliphatic carbocycles. The van der Waals surface area contributed by atoms with Crippen molar-refractivity contribution in [2.75, 3.05) is 0 Å². The van der Waals surface area contributed by atoms with Gasteiger partial charge < -0.3 is 0 Å². The molecular weight excluding hydrogens is 166 g/mol. The Hall–Kier alpha value is -0.640. The first-order valence-corrected chi connectivity index (χ1v) is 3.88. The van der Waals surface area contributed by atoms with Gasteiger partial charge in [-0.25, -0.2) is 4.99 Å². The SMILES string of the molecule is Cc1nnc(CN=C=S)s1. The van der Waals surface area contributed by atoms with Crippen LogP contribution in [0.15, 0.2) is 4.99 Å². The molecule has 3 nitrogen and oxygen atoms in total. The lowest BCUT2D eigenvalue weighted by Crippen LogP contribution is -1.77. The van der Waals surface area contributed by atoms with Crippen LogP contribution < -0.4 is 0 Å². The smallest absolute Gasteiger partial charge is 0.139 e. The minimum atomic E-state index is 0.509. The molecule has 0 spiro atoms. The third-order valence-electron chi connectivity index (χ3n) is 0.847. The van der Waals surface area contributed by atoms with E-state index >= 15 is 0 Å². The van der Waals surface area contributed by atoms with Crippen LogP contribution in [0.4, 0.5) is 0 Å². The van der Waals surface area contributed by atoms with Crippen LogP contribution in [0.2, 0.25) is 0 Å². The van der Waals surface area contributed by atoms with Crippen molar-refractivity contribution in [2.45, 2.75) is 13.5 Å². The van der Waals surface area contributed by atoms with Gasteiger partial charge in [0.05, 0.1) is 5.16 Å². The highest BCUT2D eigenvalue weighted by Gasteiger charge is 1.96. The molecule has 1 aromatic rings. The molecule has 0 bridgehead atoms. The zero-order valence-corrected chi connectivity index (χ0v) is 7.00. The molecule has 1 heterocycles. The summed E-state index contributed by atoms with van der Waals surface area (Å²) in [5, 5.41) is 11.8. The van der Waals surface area contributed by atoms with Gasteiger partial charge in [0.25, 0.3) is 0 Å². The van der Waals surface area contributed by atoms with Crippen LogP contribution in [0.5, 0.6) is 0 Å². The lowest BCUT2D eigenvalue weighted by molar-refractivity contribution is 0.949. The van der Waals surface area contributed by atoms with Crippen molar-refractivity contribution < 1.29 is 0 Å². The first kappa shape index (κ1) is 7.47. The van der Waals surface area contributed by atoms with Crippen molar-refractivity contribution in [1.82, 2.24) is 10.2 Å². The van der Waals surface area contributed by atoms with E-state index in [2.05, 4.69) is 32.6 Å². The molecule has 0 unspecified atom stereocenters. The minimum absolute atomic E-state index is 0.509. The summed E-state index contributed by atoms with van der Waals surface area (Å²) in [5.74, 6) is 0. The number of isothiocyanates is 1. The Balaban J connectivity index is 2.66. The Labute approximate surface area is 67.8 Å². The molecule has 10 heavy (non-hydrogen) atoms. The maximum atomic E-state index is 4.40. The van der Waals surface area contributed by atoms with Crippen molar-refractivity contribution >= 4 is 28.7 Å². The molecule has 0 aliphatic rings. The molecule has 1 aromatic heterocycles. The number of aliphatic imine (C=N–C) groups is 1. The largest absolute Gasteiger partial charge is 0.225 e. The molecule has 0 aromatic carbocycles. The van der Waals surface area contributed by atoms with Crippen LogP contribution >= 0.6 is 23.6 Å². The van der Waals surface area contributed by atoms with E-state index in [1.54, 1.807) is 0 Å². The Morgan fingerprint density at radius 1 is 1.70 bits per heavy atom. The second-order valence-electron chi connectivity index (χ2n) is 1.62. The third kappa shape index (κ3) is 1.95. The minimum Gasteiger partial charge on any atom is -0.225 e. The second kappa shape index (κ2) is 3.51. The standard InChI is InChI=1S/C5H5N3S2/c1-4-7-8-5(10-4)2-6-3-9/h2H2,1H3. The van der Waals surface area contributed by atoms with E-state index in [9.17, 15) is 0 Å².